The summed E-state index contributed by atoms with van der Waals surface area (Å²) in [4.78, 5) is 38.2. The first kappa shape index (κ1) is 31.4. The first-order chi connectivity index (χ1) is 21.0. The SMILES string of the molecule is COC(=O)C1=CO[C@@H](O[C@H]2O[C@H](CO)[C@@H](O)[C@H](O)[C@H]2O)[C@H]2[C@H]1C=C[C@@]21C=C([C@H](C)OC(=O)C=Cc2ccc(O)cc2)C(=O)O1. The van der Waals surface area contributed by atoms with E-state index in [1.165, 1.54) is 44.4 Å². The van der Waals surface area contributed by atoms with Gasteiger partial charge in [0.25, 0.3) is 0 Å². The molecule has 0 radical (unpaired) electrons. The molecule has 0 amide bonds. The first-order valence-corrected chi connectivity index (χ1v) is 13.7. The summed E-state index contributed by atoms with van der Waals surface area (Å²) in [5, 5.41) is 49.8. The highest BCUT2D eigenvalue weighted by molar-refractivity contribution is 5.95. The van der Waals surface area contributed by atoms with Crippen molar-refractivity contribution in [1.82, 2.24) is 0 Å². The maximum Gasteiger partial charge on any atom is 0.338 e. The molecule has 236 valence electrons. The van der Waals surface area contributed by atoms with Gasteiger partial charge in [0.2, 0.25) is 6.29 Å². The molecule has 14 heteroatoms. The van der Waals surface area contributed by atoms with E-state index >= 15 is 0 Å². The summed E-state index contributed by atoms with van der Waals surface area (Å²) in [7, 11) is 1.18. The van der Waals surface area contributed by atoms with Crippen LogP contribution in [0, 0.1) is 11.8 Å². The highest BCUT2D eigenvalue weighted by Gasteiger charge is 2.60. The minimum Gasteiger partial charge on any atom is -0.508 e. The van der Waals surface area contributed by atoms with Crippen molar-refractivity contribution < 1.29 is 68.3 Å². The summed E-state index contributed by atoms with van der Waals surface area (Å²) >= 11 is 0. The van der Waals surface area contributed by atoms with Crippen molar-refractivity contribution in [3.05, 3.63) is 71.5 Å². The largest absolute Gasteiger partial charge is 0.508 e. The molecular formula is C30H32O14. The van der Waals surface area contributed by atoms with Crippen LogP contribution in [0.2, 0.25) is 0 Å². The molecule has 3 heterocycles. The third kappa shape index (κ3) is 5.87. The average molecular weight is 617 g/mol. The lowest BCUT2D eigenvalue weighted by Crippen LogP contribution is -2.60. The van der Waals surface area contributed by atoms with E-state index < -0.39 is 85.1 Å². The van der Waals surface area contributed by atoms with E-state index in [0.717, 1.165) is 12.3 Å². The third-order valence-electron chi connectivity index (χ3n) is 7.91. The number of methoxy groups -OCH3 is 1. The standard InChI is InChI=1S/C30H32O14/c1-14(41-21(33)8-5-15-3-6-16(32)7-4-15)18-11-30(44-27(18)38)10-9-17-19(26(37)39-2)13-40-28(22(17)30)43-29-25(36)24(35)23(34)20(12-31)42-29/h3-11,13-14,17,20,22-25,28-29,31-32,34-36H,12H2,1-2H3/t14-,17-,20+,22+,23+,24-,25+,28-,29+,30+/m0/s1. The molecule has 1 aromatic carbocycles. The molecule has 1 saturated heterocycles. The van der Waals surface area contributed by atoms with Crippen LogP contribution in [-0.4, -0.2) is 106 Å². The van der Waals surface area contributed by atoms with Gasteiger partial charge in [-0.3, -0.25) is 0 Å². The van der Waals surface area contributed by atoms with Crippen LogP contribution in [0.5, 0.6) is 5.75 Å². The summed E-state index contributed by atoms with van der Waals surface area (Å²) in [6.07, 6.45) is -2.06. The number of phenols is 1. The smallest absolute Gasteiger partial charge is 0.338 e. The van der Waals surface area contributed by atoms with E-state index in [0.29, 0.717) is 5.56 Å². The van der Waals surface area contributed by atoms with Gasteiger partial charge in [0, 0.05) is 12.0 Å². The Hall–Kier alpha value is -4.05. The molecule has 1 aromatic rings. The predicted molar refractivity (Wildman–Crippen MR) is 146 cm³/mol. The van der Waals surface area contributed by atoms with Gasteiger partial charge in [0.05, 0.1) is 37.0 Å². The maximum absolute atomic E-state index is 13.1. The predicted octanol–water partition coefficient (Wildman–Crippen LogP) is -0.409. The van der Waals surface area contributed by atoms with Gasteiger partial charge < -0.3 is 54.0 Å². The number of ether oxygens (including phenoxy) is 6. The molecule has 1 aliphatic carbocycles. The van der Waals surface area contributed by atoms with Crippen molar-refractivity contribution in [2.45, 2.75) is 55.6 Å². The summed E-state index contributed by atoms with van der Waals surface area (Å²) in [6, 6.07) is 6.11. The van der Waals surface area contributed by atoms with E-state index in [9.17, 15) is 39.9 Å². The number of esters is 3. The quantitative estimate of drug-likeness (QED) is 0.109. The van der Waals surface area contributed by atoms with Crippen molar-refractivity contribution in [3.63, 3.8) is 0 Å². The van der Waals surface area contributed by atoms with Crippen LogP contribution in [0.4, 0.5) is 0 Å². The van der Waals surface area contributed by atoms with Crippen LogP contribution in [-0.2, 0) is 42.8 Å². The van der Waals surface area contributed by atoms with Gasteiger partial charge in [-0.05, 0) is 42.8 Å². The van der Waals surface area contributed by atoms with Crippen molar-refractivity contribution in [2.75, 3.05) is 13.7 Å². The number of aliphatic hydroxyl groups excluding tert-OH is 4. The Balaban J connectivity index is 1.39. The van der Waals surface area contributed by atoms with E-state index in [4.69, 9.17) is 28.4 Å². The monoisotopic (exact) mass is 616 g/mol. The molecule has 0 saturated carbocycles. The number of aromatic hydroxyl groups is 1. The normalized spacial score (nSPS) is 35.0. The third-order valence-corrected chi connectivity index (χ3v) is 7.91. The Kier molecular flexibility index (Phi) is 8.92. The number of carbonyl (C=O) groups excluding carboxylic acids is 3. The Morgan fingerprint density at radius 3 is 2.50 bits per heavy atom. The number of rotatable bonds is 8. The van der Waals surface area contributed by atoms with E-state index in [1.807, 2.05) is 0 Å². The van der Waals surface area contributed by atoms with E-state index in [-0.39, 0.29) is 16.9 Å². The lowest BCUT2D eigenvalue weighted by molar-refractivity contribution is -0.344. The second-order valence-electron chi connectivity index (χ2n) is 10.7. The number of carbonyl (C=O) groups is 3. The van der Waals surface area contributed by atoms with Crippen LogP contribution in [0.15, 0.2) is 66.0 Å². The van der Waals surface area contributed by atoms with Gasteiger partial charge in [-0.25, -0.2) is 14.4 Å². The van der Waals surface area contributed by atoms with Crippen LogP contribution in [0.1, 0.15) is 12.5 Å². The van der Waals surface area contributed by atoms with Crippen molar-refractivity contribution >= 4 is 24.0 Å². The van der Waals surface area contributed by atoms with Gasteiger partial charge in [-0.1, -0.05) is 18.2 Å². The molecule has 14 nitrogen and oxygen atoms in total. The Bertz CT molecular complexity index is 1390. The van der Waals surface area contributed by atoms with Crippen molar-refractivity contribution in [1.29, 1.82) is 0 Å². The first-order valence-electron chi connectivity index (χ1n) is 13.7. The molecule has 44 heavy (non-hydrogen) atoms. The number of hydrogen-bond acceptors (Lipinski definition) is 14. The molecule has 4 aliphatic rings. The van der Waals surface area contributed by atoms with Crippen LogP contribution in [0.25, 0.3) is 6.08 Å². The molecule has 0 unspecified atom stereocenters. The Morgan fingerprint density at radius 2 is 1.82 bits per heavy atom. The highest BCUT2D eigenvalue weighted by Crippen LogP contribution is 2.51. The summed E-state index contributed by atoms with van der Waals surface area (Å²) < 4.78 is 33.2. The lowest BCUT2D eigenvalue weighted by Gasteiger charge is -2.44. The van der Waals surface area contributed by atoms with Crippen molar-refractivity contribution in [2.24, 2.45) is 11.8 Å². The molecule has 1 spiro atoms. The summed E-state index contributed by atoms with van der Waals surface area (Å²) in [5.74, 6) is -3.97. The Labute approximate surface area is 251 Å². The molecule has 0 aromatic heterocycles. The number of aliphatic hydroxyl groups is 4. The van der Waals surface area contributed by atoms with E-state index in [2.05, 4.69) is 0 Å². The maximum atomic E-state index is 13.1. The fraction of sp³-hybridized carbons (Fsp3) is 0.433. The number of fused-ring (bicyclic) bond motifs is 2. The number of hydrogen-bond donors (Lipinski definition) is 5. The topological polar surface area (TPSA) is 208 Å². The molecule has 1 fully saturated rings. The molecule has 5 N–H and O–H groups in total. The van der Waals surface area contributed by atoms with Gasteiger partial charge >= 0.3 is 17.9 Å². The lowest BCUT2D eigenvalue weighted by atomic mass is 9.78. The Morgan fingerprint density at radius 1 is 1.09 bits per heavy atom. The van der Waals surface area contributed by atoms with Crippen LogP contribution < -0.4 is 0 Å². The average Bonchev–Trinajstić information content (AvgIpc) is 3.56. The molecule has 3 aliphatic heterocycles. The van der Waals surface area contributed by atoms with Crippen LogP contribution >= 0.6 is 0 Å². The van der Waals surface area contributed by atoms with Crippen molar-refractivity contribution in [3.8, 4) is 5.75 Å². The highest BCUT2D eigenvalue weighted by atomic mass is 16.8. The second kappa shape index (κ2) is 12.5. The zero-order valence-corrected chi connectivity index (χ0v) is 23.6. The van der Waals surface area contributed by atoms with Crippen LogP contribution in [0.3, 0.4) is 0 Å². The minimum atomic E-state index is -1.75. The fourth-order valence-electron chi connectivity index (χ4n) is 5.59. The molecular weight excluding hydrogens is 584 g/mol. The molecule has 0 bridgehead atoms. The molecule has 5 rings (SSSR count). The number of phenolic OH excluding ortho intramolecular Hbond substituents is 1. The second-order valence-corrected chi connectivity index (χ2v) is 10.7. The van der Waals surface area contributed by atoms with E-state index in [1.54, 1.807) is 18.2 Å². The van der Waals surface area contributed by atoms with Gasteiger partial charge in [-0.15, -0.1) is 0 Å². The van der Waals surface area contributed by atoms with Gasteiger partial charge in [0.15, 0.2) is 11.9 Å². The number of allylic oxidation sites excluding steroid dienone is 1. The summed E-state index contributed by atoms with van der Waals surface area (Å²) in [6.45, 7) is 0.790. The summed E-state index contributed by atoms with van der Waals surface area (Å²) in [5.41, 5.74) is -0.852. The fourth-order valence-corrected chi connectivity index (χ4v) is 5.59. The number of benzene rings is 1. The zero-order valence-electron chi connectivity index (χ0n) is 23.6. The minimum absolute atomic E-state index is 0.00226. The zero-order chi connectivity index (χ0) is 31.8. The molecule has 10 atom stereocenters. The van der Waals surface area contributed by atoms with Gasteiger partial charge in [-0.2, -0.15) is 0 Å². The van der Waals surface area contributed by atoms with Gasteiger partial charge in [0.1, 0.15) is 36.3 Å².